The lowest BCUT2D eigenvalue weighted by Crippen LogP contribution is -2.57. The van der Waals surface area contributed by atoms with Crippen molar-refractivity contribution >= 4 is 23.5 Å². The number of amides is 1. The van der Waals surface area contributed by atoms with Crippen molar-refractivity contribution < 1.29 is 4.79 Å². The van der Waals surface area contributed by atoms with E-state index in [2.05, 4.69) is 25.9 Å². The molecule has 2 N–H and O–H groups in total. The summed E-state index contributed by atoms with van der Waals surface area (Å²) in [5.41, 5.74) is -0.313. The molecule has 0 aromatic carbocycles. The van der Waals surface area contributed by atoms with Crippen molar-refractivity contribution in [3.05, 3.63) is 0 Å². The molecule has 4 aliphatic carbocycles. The van der Waals surface area contributed by atoms with E-state index in [1.165, 1.54) is 6.42 Å². The molecule has 4 aliphatic rings. The van der Waals surface area contributed by atoms with Gasteiger partial charge in [0.25, 0.3) is 5.95 Å². The molecule has 4 fully saturated rings. The monoisotopic (exact) mass is 281 g/mol. The van der Waals surface area contributed by atoms with Gasteiger partial charge in [-0.2, -0.15) is 5.21 Å². The summed E-state index contributed by atoms with van der Waals surface area (Å²) in [6.45, 7) is 0. The lowest BCUT2D eigenvalue weighted by Gasteiger charge is -2.58. The molecule has 1 heterocycles. The minimum atomic E-state index is -0.313. The van der Waals surface area contributed by atoms with Crippen molar-refractivity contribution in [2.45, 2.75) is 43.4 Å². The molecule has 6 nitrogen and oxygen atoms in total. The van der Waals surface area contributed by atoms with Gasteiger partial charge in [0.05, 0.1) is 5.41 Å². The highest BCUT2D eigenvalue weighted by Crippen LogP contribution is 2.63. The highest BCUT2D eigenvalue weighted by Gasteiger charge is 2.60. The molecule has 102 valence electrons. The second-order valence-electron chi connectivity index (χ2n) is 6.58. The number of aromatic nitrogens is 4. The topological polar surface area (TPSA) is 83.6 Å². The molecule has 5 rings (SSSR count). The normalized spacial score (nSPS) is 43.4. The number of halogens is 1. The molecule has 0 saturated heterocycles. The number of alkyl halides is 1. The minimum Gasteiger partial charge on any atom is -0.291 e. The summed E-state index contributed by atoms with van der Waals surface area (Å²) in [6, 6.07) is 0. The molecule has 1 amide bonds. The van der Waals surface area contributed by atoms with E-state index in [0.29, 0.717) is 11.8 Å². The third-order valence-electron chi connectivity index (χ3n) is 5.04. The highest BCUT2D eigenvalue weighted by atomic mass is 35.5. The Kier molecular flexibility index (Phi) is 2.26. The number of carbonyl (C=O) groups excluding carboxylic acids is 1. The summed E-state index contributed by atoms with van der Waals surface area (Å²) in [6.07, 6.45) is 6.10. The summed E-state index contributed by atoms with van der Waals surface area (Å²) in [4.78, 5) is 12.5. The van der Waals surface area contributed by atoms with Crippen LogP contribution < -0.4 is 5.32 Å². The first-order chi connectivity index (χ1) is 9.07. The molecule has 4 saturated carbocycles. The van der Waals surface area contributed by atoms with Gasteiger partial charge in [-0.3, -0.25) is 10.1 Å². The predicted molar refractivity (Wildman–Crippen MR) is 68.5 cm³/mol. The summed E-state index contributed by atoms with van der Waals surface area (Å²) in [7, 11) is 0. The average molecular weight is 282 g/mol. The van der Waals surface area contributed by atoms with Gasteiger partial charge in [0.1, 0.15) is 0 Å². The summed E-state index contributed by atoms with van der Waals surface area (Å²) in [5, 5.41) is 16.2. The fourth-order valence-electron chi connectivity index (χ4n) is 4.87. The van der Waals surface area contributed by atoms with Crippen LogP contribution >= 0.6 is 11.6 Å². The van der Waals surface area contributed by atoms with Crippen molar-refractivity contribution in [2.24, 2.45) is 17.3 Å². The Morgan fingerprint density at radius 1 is 1.32 bits per heavy atom. The van der Waals surface area contributed by atoms with Gasteiger partial charge in [0.15, 0.2) is 0 Å². The van der Waals surface area contributed by atoms with Crippen molar-refractivity contribution in [3.8, 4) is 0 Å². The second-order valence-corrected chi connectivity index (χ2v) is 7.38. The highest BCUT2D eigenvalue weighted by molar-refractivity contribution is 6.24. The van der Waals surface area contributed by atoms with Crippen molar-refractivity contribution in [1.29, 1.82) is 0 Å². The summed E-state index contributed by atoms with van der Waals surface area (Å²) in [5.74, 6) is 1.49. The van der Waals surface area contributed by atoms with Crippen molar-refractivity contribution in [1.82, 2.24) is 20.6 Å². The van der Waals surface area contributed by atoms with Crippen LogP contribution in [-0.2, 0) is 4.79 Å². The van der Waals surface area contributed by atoms with Crippen LogP contribution in [0.15, 0.2) is 0 Å². The number of nitrogens with zero attached hydrogens (tertiary/aromatic N) is 3. The Labute approximate surface area is 115 Å². The molecular weight excluding hydrogens is 266 g/mol. The van der Waals surface area contributed by atoms with Crippen LogP contribution in [0.25, 0.3) is 0 Å². The molecular formula is C12H16ClN5O. The fourth-order valence-corrected chi connectivity index (χ4v) is 5.56. The first-order valence-corrected chi connectivity index (χ1v) is 7.19. The quantitative estimate of drug-likeness (QED) is 0.809. The Morgan fingerprint density at radius 3 is 2.63 bits per heavy atom. The molecule has 2 unspecified atom stereocenters. The molecule has 7 heteroatoms. The number of H-pyrrole nitrogens is 1. The zero-order valence-corrected chi connectivity index (χ0v) is 11.3. The van der Waals surface area contributed by atoms with Crippen LogP contribution in [0.4, 0.5) is 5.95 Å². The zero-order chi connectivity index (χ0) is 13.1. The number of tetrazole rings is 1. The summed E-state index contributed by atoms with van der Waals surface area (Å²) >= 11 is 6.72. The van der Waals surface area contributed by atoms with Crippen LogP contribution in [-0.4, -0.2) is 31.4 Å². The SMILES string of the molecule is O=C(Nc1nn[nH]n1)C12C[C@@H]3C[C@@H](CC(Cl)(C3)C1)C2. The molecule has 4 bridgehead atoms. The maximum atomic E-state index is 12.6. The lowest BCUT2D eigenvalue weighted by molar-refractivity contribution is -0.138. The van der Waals surface area contributed by atoms with Gasteiger partial charge in [-0.25, -0.2) is 0 Å². The maximum absolute atomic E-state index is 12.6. The van der Waals surface area contributed by atoms with Crippen LogP contribution in [0.1, 0.15) is 38.5 Å². The van der Waals surface area contributed by atoms with Gasteiger partial charge < -0.3 is 0 Å². The first kappa shape index (κ1) is 11.6. The van der Waals surface area contributed by atoms with Gasteiger partial charge in [-0.1, -0.05) is 5.10 Å². The molecule has 0 spiro atoms. The van der Waals surface area contributed by atoms with E-state index in [0.717, 1.165) is 32.1 Å². The maximum Gasteiger partial charge on any atom is 0.269 e. The molecule has 19 heavy (non-hydrogen) atoms. The van der Waals surface area contributed by atoms with E-state index in [1.54, 1.807) is 0 Å². The van der Waals surface area contributed by atoms with E-state index < -0.39 is 0 Å². The zero-order valence-electron chi connectivity index (χ0n) is 10.5. The van der Waals surface area contributed by atoms with E-state index in [-0.39, 0.29) is 22.1 Å². The van der Waals surface area contributed by atoms with Crippen LogP contribution in [0.3, 0.4) is 0 Å². The fraction of sp³-hybridized carbons (Fsp3) is 0.833. The Bertz CT molecular complexity index is 502. The molecule has 0 radical (unpaired) electrons. The molecule has 4 atom stereocenters. The van der Waals surface area contributed by atoms with E-state index in [9.17, 15) is 4.79 Å². The largest absolute Gasteiger partial charge is 0.291 e. The van der Waals surface area contributed by atoms with Crippen LogP contribution in [0.5, 0.6) is 0 Å². The van der Waals surface area contributed by atoms with Crippen LogP contribution in [0.2, 0.25) is 0 Å². The number of nitrogens with one attached hydrogen (secondary N) is 2. The predicted octanol–water partition coefficient (Wildman–Crippen LogP) is 1.72. The van der Waals surface area contributed by atoms with E-state index in [1.807, 2.05) is 0 Å². The number of hydrogen-bond donors (Lipinski definition) is 2. The standard InChI is InChI=1S/C12H16ClN5O/c13-12-4-7-1-8(5-12)3-11(2-7,6-12)9(19)14-10-15-17-18-16-10/h7-8H,1-6H2,(H2,14,15,16,17,18,19)/t7-,8+,11?,12?. The average Bonchev–Trinajstić information content (AvgIpc) is 2.78. The smallest absolute Gasteiger partial charge is 0.269 e. The van der Waals surface area contributed by atoms with E-state index >= 15 is 0 Å². The number of aromatic amines is 1. The van der Waals surface area contributed by atoms with Gasteiger partial charge in [0.2, 0.25) is 5.91 Å². The van der Waals surface area contributed by atoms with Crippen LogP contribution in [0, 0.1) is 17.3 Å². The van der Waals surface area contributed by atoms with E-state index in [4.69, 9.17) is 11.6 Å². The number of rotatable bonds is 2. The Hall–Kier alpha value is -1.17. The first-order valence-electron chi connectivity index (χ1n) is 6.81. The van der Waals surface area contributed by atoms with Crippen molar-refractivity contribution in [2.75, 3.05) is 5.32 Å². The second kappa shape index (κ2) is 3.69. The summed E-state index contributed by atoms with van der Waals surface area (Å²) < 4.78 is 0. The molecule has 1 aromatic rings. The Balaban J connectivity index is 1.61. The third kappa shape index (κ3) is 1.76. The lowest BCUT2D eigenvalue weighted by atomic mass is 9.49. The third-order valence-corrected chi connectivity index (χ3v) is 5.48. The number of carbonyl (C=O) groups is 1. The van der Waals surface area contributed by atoms with Crippen molar-refractivity contribution in [3.63, 3.8) is 0 Å². The number of anilines is 1. The minimum absolute atomic E-state index is 0.0213. The Morgan fingerprint density at radius 2 is 2.05 bits per heavy atom. The van der Waals surface area contributed by atoms with Gasteiger partial charge >= 0.3 is 0 Å². The van der Waals surface area contributed by atoms with Gasteiger partial charge in [-0.15, -0.1) is 16.7 Å². The molecule has 1 aromatic heterocycles. The number of hydrogen-bond acceptors (Lipinski definition) is 4. The molecule has 0 aliphatic heterocycles. The van der Waals surface area contributed by atoms with Gasteiger partial charge in [0, 0.05) is 4.87 Å². The van der Waals surface area contributed by atoms with Gasteiger partial charge in [-0.05, 0) is 55.6 Å².